The maximum Gasteiger partial charge on any atom is 0.308 e. The molecule has 1 N–H and O–H groups in total. The number of amides is 1. The van der Waals surface area contributed by atoms with Crippen LogP contribution in [0.5, 0.6) is 5.75 Å². The van der Waals surface area contributed by atoms with Crippen molar-refractivity contribution in [3.63, 3.8) is 0 Å². The molecule has 1 fully saturated rings. The first-order chi connectivity index (χ1) is 10.4. The number of aliphatic carboxylic acids is 1. The Kier molecular flexibility index (Phi) is 5.45. The van der Waals surface area contributed by atoms with Crippen molar-refractivity contribution in [2.75, 3.05) is 13.1 Å². The van der Waals surface area contributed by atoms with E-state index in [2.05, 4.69) is 15.9 Å². The molecular weight excluding hydrogens is 350 g/mol. The van der Waals surface area contributed by atoms with Crippen LogP contribution in [0.25, 0.3) is 0 Å². The summed E-state index contributed by atoms with van der Waals surface area (Å²) in [6.07, 6.45) is 1.35. The minimum Gasteiger partial charge on any atom is -0.490 e. The van der Waals surface area contributed by atoms with E-state index in [0.717, 1.165) is 4.47 Å². The predicted octanol–water partition coefficient (Wildman–Crippen LogP) is 3.17. The smallest absolute Gasteiger partial charge is 0.308 e. The molecule has 0 aromatic heterocycles. The van der Waals surface area contributed by atoms with E-state index >= 15 is 0 Å². The topological polar surface area (TPSA) is 66.8 Å². The third-order valence-corrected chi connectivity index (χ3v) is 4.25. The molecule has 1 amide bonds. The molecule has 6 heteroatoms. The summed E-state index contributed by atoms with van der Waals surface area (Å²) in [5, 5.41) is 9.12. The molecule has 1 aliphatic rings. The summed E-state index contributed by atoms with van der Waals surface area (Å²) in [5.74, 6) is -0.837. The number of hydrogen-bond acceptors (Lipinski definition) is 3. The fourth-order valence-corrected chi connectivity index (χ4v) is 2.87. The normalized spacial score (nSPS) is 18.4. The van der Waals surface area contributed by atoms with Gasteiger partial charge in [-0.1, -0.05) is 0 Å². The van der Waals surface area contributed by atoms with E-state index in [9.17, 15) is 9.59 Å². The number of carboxylic acid groups (broad SMARTS) is 1. The van der Waals surface area contributed by atoms with Crippen LogP contribution in [0.2, 0.25) is 0 Å². The summed E-state index contributed by atoms with van der Waals surface area (Å²) in [6, 6.07) is 5.21. The molecule has 0 bridgehead atoms. The number of benzene rings is 1. The summed E-state index contributed by atoms with van der Waals surface area (Å²) < 4.78 is 6.46. The molecule has 1 aliphatic heterocycles. The molecule has 0 saturated carbocycles. The van der Waals surface area contributed by atoms with Crippen molar-refractivity contribution in [2.24, 2.45) is 5.92 Å². The van der Waals surface area contributed by atoms with Crippen LogP contribution in [0.15, 0.2) is 22.7 Å². The lowest BCUT2D eigenvalue weighted by Crippen LogP contribution is -2.42. The zero-order chi connectivity index (χ0) is 16.3. The highest BCUT2D eigenvalue weighted by Gasteiger charge is 2.28. The lowest BCUT2D eigenvalue weighted by atomic mass is 9.97. The zero-order valence-corrected chi connectivity index (χ0v) is 14.3. The lowest BCUT2D eigenvalue weighted by Gasteiger charge is -2.30. The summed E-state index contributed by atoms with van der Waals surface area (Å²) in [7, 11) is 0. The van der Waals surface area contributed by atoms with Crippen LogP contribution in [0, 0.1) is 5.92 Å². The molecule has 0 aliphatic carbocycles. The Labute approximate surface area is 138 Å². The van der Waals surface area contributed by atoms with Gasteiger partial charge in [0.15, 0.2) is 0 Å². The molecule has 1 atom stereocenters. The highest BCUT2D eigenvalue weighted by Crippen LogP contribution is 2.28. The van der Waals surface area contributed by atoms with Crippen molar-refractivity contribution in [2.45, 2.75) is 32.8 Å². The first-order valence-electron chi connectivity index (χ1n) is 7.36. The number of rotatable bonds is 4. The third-order valence-electron chi connectivity index (χ3n) is 3.60. The van der Waals surface area contributed by atoms with Gasteiger partial charge in [-0.3, -0.25) is 9.59 Å². The fraction of sp³-hybridized carbons (Fsp3) is 0.500. The van der Waals surface area contributed by atoms with Gasteiger partial charge >= 0.3 is 5.97 Å². The number of nitrogens with zero attached hydrogens (tertiary/aromatic N) is 1. The number of likely N-dealkylation sites (tertiary alicyclic amines) is 1. The van der Waals surface area contributed by atoms with Crippen molar-refractivity contribution in [3.05, 3.63) is 28.2 Å². The van der Waals surface area contributed by atoms with Gasteiger partial charge in [-0.2, -0.15) is 0 Å². The SMILES string of the molecule is CC(C)Oc1cc(C(=O)N2CCCC(C(=O)O)C2)ccc1Br. The van der Waals surface area contributed by atoms with E-state index in [0.29, 0.717) is 30.7 Å². The molecule has 1 unspecified atom stereocenters. The minimum absolute atomic E-state index is 0.00743. The fourth-order valence-electron chi connectivity index (χ4n) is 2.53. The molecule has 1 saturated heterocycles. The van der Waals surface area contributed by atoms with Crippen LogP contribution in [-0.2, 0) is 4.79 Å². The van der Waals surface area contributed by atoms with E-state index < -0.39 is 11.9 Å². The average molecular weight is 370 g/mol. The standard InChI is InChI=1S/C16H20BrNO4/c1-10(2)22-14-8-11(5-6-13(14)17)15(19)18-7-3-4-12(9-18)16(20)21/h5-6,8,10,12H,3-4,7,9H2,1-2H3,(H,20,21). The molecule has 1 aromatic carbocycles. The van der Waals surface area contributed by atoms with Gasteiger partial charge < -0.3 is 14.7 Å². The highest BCUT2D eigenvalue weighted by molar-refractivity contribution is 9.10. The Bertz CT molecular complexity index is 573. The van der Waals surface area contributed by atoms with Gasteiger partial charge in [-0.15, -0.1) is 0 Å². The maximum absolute atomic E-state index is 12.6. The van der Waals surface area contributed by atoms with Crippen LogP contribution in [0.3, 0.4) is 0 Å². The summed E-state index contributed by atoms with van der Waals surface area (Å²) in [5.41, 5.74) is 0.518. The highest BCUT2D eigenvalue weighted by atomic mass is 79.9. The van der Waals surface area contributed by atoms with Gasteiger partial charge in [0.25, 0.3) is 5.91 Å². The Morgan fingerprint density at radius 3 is 2.77 bits per heavy atom. The van der Waals surface area contributed by atoms with Gasteiger partial charge in [0, 0.05) is 18.7 Å². The van der Waals surface area contributed by atoms with Crippen molar-refractivity contribution in [3.8, 4) is 5.75 Å². The molecule has 0 radical (unpaired) electrons. The average Bonchev–Trinajstić information content (AvgIpc) is 2.48. The summed E-state index contributed by atoms with van der Waals surface area (Å²) in [6.45, 7) is 4.70. The number of carbonyl (C=O) groups is 2. The molecule has 120 valence electrons. The first kappa shape index (κ1) is 16.8. The summed E-state index contributed by atoms with van der Waals surface area (Å²) in [4.78, 5) is 25.3. The minimum atomic E-state index is -0.836. The number of hydrogen-bond donors (Lipinski definition) is 1. The number of carboxylic acids is 1. The summed E-state index contributed by atoms with van der Waals surface area (Å²) >= 11 is 3.41. The molecular formula is C16H20BrNO4. The van der Waals surface area contributed by atoms with E-state index in [4.69, 9.17) is 9.84 Å². The van der Waals surface area contributed by atoms with Crippen LogP contribution in [-0.4, -0.2) is 41.1 Å². The predicted molar refractivity (Wildman–Crippen MR) is 86.2 cm³/mol. The van der Waals surface area contributed by atoms with Crippen LogP contribution in [0.4, 0.5) is 0 Å². The zero-order valence-electron chi connectivity index (χ0n) is 12.7. The molecule has 2 rings (SSSR count). The van der Waals surface area contributed by atoms with Crippen molar-refractivity contribution < 1.29 is 19.4 Å². The number of piperidine rings is 1. The Hall–Kier alpha value is -1.56. The van der Waals surface area contributed by atoms with Crippen molar-refractivity contribution >= 4 is 27.8 Å². The second kappa shape index (κ2) is 7.13. The number of ether oxygens (including phenoxy) is 1. The number of carbonyl (C=O) groups excluding carboxylic acids is 1. The largest absolute Gasteiger partial charge is 0.490 e. The van der Waals surface area contributed by atoms with Crippen LogP contribution >= 0.6 is 15.9 Å². The molecule has 5 nitrogen and oxygen atoms in total. The Morgan fingerprint density at radius 1 is 1.41 bits per heavy atom. The molecule has 1 heterocycles. The second-order valence-corrected chi connectivity index (χ2v) is 6.59. The Morgan fingerprint density at radius 2 is 2.14 bits per heavy atom. The molecule has 0 spiro atoms. The van der Waals surface area contributed by atoms with Crippen LogP contribution in [0.1, 0.15) is 37.0 Å². The van der Waals surface area contributed by atoms with Gasteiger partial charge in [0.2, 0.25) is 0 Å². The van der Waals surface area contributed by atoms with E-state index in [1.165, 1.54) is 0 Å². The first-order valence-corrected chi connectivity index (χ1v) is 8.16. The van der Waals surface area contributed by atoms with Gasteiger partial charge in [0.05, 0.1) is 16.5 Å². The molecule has 22 heavy (non-hydrogen) atoms. The van der Waals surface area contributed by atoms with E-state index in [-0.39, 0.29) is 18.6 Å². The third kappa shape index (κ3) is 4.00. The van der Waals surface area contributed by atoms with Gasteiger partial charge in [-0.25, -0.2) is 0 Å². The van der Waals surface area contributed by atoms with Crippen LogP contribution < -0.4 is 4.74 Å². The molecule has 1 aromatic rings. The van der Waals surface area contributed by atoms with E-state index in [1.54, 1.807) is 23.1 Å². The monoisotopic (exact) mass is 369 g/mol. The van der Waals surface area contributed by atoms with E-state index in [1.807, 2.05) is 13.8 Å². The lowest BCUT2D eigenvalue weighted by molar-refractivity contribution is -0.143. The number of halogens is 1. The van der Waals surface area contributed by atoms with Gasteiger partial charge in [0.1, 0.15) is 5.75 Å². The maximum atomic E-state index is 12.6. The quantitative estimate of drug-likeness (QED) is 0.884. The van der Waals surface area contributed by atoms with Gasteiger partial charge in [-0.05, 0) is 60.8 Å². The van der Waals surface area contributed by atoms with Crippen molar-refractivity contribution in [1.29, 1.82) is 0 Å². The van der Waals surface area contributed by atoms with Crippen molar-refractivity contribution in [1.82, 2.24) is 4.90 Å². The Balaban J connectivity index is 2.16. The second-order valence-electron chi connectivity index (χ2n) is 5.74.